The number of aliphatic hydroxyl groups excluding tert-OH is 1. The fourth-order valence-electron chi connectivity index (χ4n) is 11.1. The third kappa shape index (κ3) is 11.7. The van der Waals surface area contributed by atoms with Gasteiger partial charge in [0, 0.05) is 43.7 Å². The number of Topliss-reactive ketones (excluding diaryl/α,β-unsaturated/α-hetero) is 3. The number of hydrogen-bond donors (Lipinski definition) is 2. The number of nitrogens with zero attached hydrogens (tertiary/aromatic N) is 1. The average Bonchev–Trinajstić information content (AvgIpc) is 3.33. The summed E-state index contributed by atoms with van der Waals surface area (Å²) in [6, 6.07) is -1.05. The predicted molar refractivity (Wildman–Crippen MR) is 238 cm³/mol. The summed E-state index contributed by atoms with van der Waals surface area (Å²) < 4.78 is 18.4. The van der Waals surface area contributed by atoms with Crippen LogP contribution in [0, 0.1) is 59.2 Å². The zero-order chi connectivity index (χ0) is 45.6. The molecule has 0 aromatic carbocycles. The van der Waals surface area contributed by atoms with Crippen molar-refractivity contribution < 1.29 is 48.4 Å². The number of esters is 1. The van der Waals surface area contributed by atoms with E-state index in [2.05, 4.69) is 26.8 Å². The van der Waals surface area contributed by atoms with Gasteiger partial charge in [-0.2, -0.15) is 0 Å². The molecular weight excluding hydrogens is 787 g/mol. The molecule has 3 saturated heterocycles. The highest BCUT2D eigenvalue weighted by Crippen LogP contribution is 2.45. The fraction of sp³-hybridized carbons (Fsp3) is 0.745. The molecule has 1 amide bonds. The molecule has 62 heavy (non-hydrogen) atoms. The molecular formula is C51H77NO10. The Labute approximate surface area is 371 Å². The van der Waals surface area contributed by atoms with Gasteiger partial charge in [0.15, 0.2) is 0 Å². The molecule has 0 aromatic heterocycles. The summed E-state index contributed by atoms with van der Waals surface area (Å²) >= 11 is 0. The first kappa shape index (κ1) is 49.8. The van der Waals surface area contributed by atoms with Crippen molar-refractivity contribution in [3.8, 4) is 0 Å². The summed E-state index contributed by atoms with van der Waals surface area (Å²) in [6.07, 6.45) is 16.1. The first-order chi connectivity index (χ1) is 29.2. The molecule has 0 radical (unpaired) electrons. The van der Waals surface area contributed by atoms with E-state index in [1.54, 1.807) is 40.9 Å². The van der Waals surface area contributed by atoms with E-state index in [1.165, 1.54) is 4.90 Å². The summed E-state index contributed by atoms with van der Waals surface area (Å²) in [4.78, 5) is 71.7. The van der Waals surface area contributed by atoms with Crippen LogP contribution >= 0.6 is 0 Å². The van der Waals surface area contributed by atoms with Crippen LogP contribution in [0.15, 0.2) is 47.6 Å². The van der Waals surface area contributed by atoms with Crippen molar-refractivity contribution in [2.75, 3.05) is 13.7 Å². The van der Waals surface area contributed by atoms with E-state index in [0.717, 1.165) is 31.3 Å². The van der Waals surface area contributed by atoms with Crippen molar-refractivity contribution in [2.24, 2.45) is 59.2 Å². The molecule has 1 aliphatic carbocycles. The molecule has 5 rings (SSSR count). The molecule has 11 heteroatoms. The lowest BCUT2D eigenvalue weighted by Crippen LogP contribution is -2.61. The van der Waals surface area contributed by atoms with E-state index < -0.39 is 65.6 Å². The fourth-order valence-corrected chi connectivity index (χ4v) is 11.1. The second-order valence-electron chi connectivity index (χ2n) is 20.3. The molecule has 4 heterocycles. The van der Waals surface area contributed by atoms with Gasteiger partial charge in [-0.1, -0.05) is 90.5 Å². The van der Waals surface area contributed by atoms with Crippen molar-refractivity contribution in [3.63, 3.8) is 0 Å². The number of methoxy groups -OCH3 is 1. The van der Waals surface area contributed by atoms with Crippen molar-refractivity contribution in [3.05, 3.63) is 47.6 Å². The number of amides is 1. The highest BCUT2D eigenvalue weighted by molar-refractivity contribution is 6.39. The van der Waals surface area contributed by atoms with E-state index >= 15 is 0 Å². The molecule has 4 unspecified atom stereocenters. The number of carbonyl (C=O) groups is 5. The van der Waals surface area contributed by atoms with Crippen LogP contribution in [0.2, 0.25) is 0 Å². The normalized spacial score (nSPS) is 44.2. The molecule has 4 aliphatic heterocycles. The van der Waals surface area contributed by atoms with E-state index in [1.807, 2.05) is 38.2 Å². The van der Waals surface area contributed by atoms with Gasteiger partial charge in [-0.05, 0) is 119 Å². The van der Waals surface area contributed by atoms with Gasteiger partial charge in [-0.15, -0.1) is 0 Å². The Morgan fingerprint density at radius 1 is 0.839 bits per heavy atom. The van der Waals surface area contributed by atoms with Gasteiger partial charge in [0.05, 0.1) is 18.3 Å². The quantitative estimate of drug-likeness (QED) is 0.162. The Hall–Kier alpha value is -3.25. The van der Waals surface area contributed by atoms with Crippen LogP contribution in [0.4, 0.5) is 0 Å². The monoisotopic (exact) mass is 864 g/mol. The van der Waals surface area contributed by atoms with E-state index in [0.29, 0.717) is 55.9 Å². The molecule has 5 aliphatic rings. The molecule has 2 N–H and O–H groups in total. The lowest BCUT2D eigenvalue weighted by molar-refractivity contribution is -0.264. The van der Waals surface area contributed by atoms with Crippen molar-refractivity contribution >= 4 is 29.2 Å². The number of ketones is 3. The topological polar surface area (TPSA) is 157 Å². The number of hydrogen-bond acceptors (Lipinski definition) is 10. The van der Waals surface area contributed by atoms with Crippen LogP contribution in [0.3, 0.4) is 0 Å². The van der Waals surface area contributed by atoms with Crippen LogP contribution in [0.5, 0.6) is 0 Å². The molecule has 0 spiro atoms. The lowest BCUT2D eigenvalue weighted by Gasteiger charge is -2.43. The second kappa shape index (κ2) is 21.6. The number of rotatable bonds is 3. The van der Waals surface area contributed by atoms with E-state index in [9.17, 15) is 34.2 Å². The van der Waals surface area contributed by atoms with Gasteiger partial charge in [0.1, 0.15) is 23.7 Å². The third-order valence-electron chi connectivity index (χ3n) is 15.6. The first-order valence-corrected chi connectivity index (χ1v) is 23.7. The van der Waals surface area contributed by atoms with Gasteiger partial charge in [-0.25, -0.2) is 4.79 Å². The predicted octanol–water partition coefficient (Wildman–Crippen LogP) is 7.92. The van der Waals surface area contributed by atoms with Gasteiger partial charge in [0.2, 0.25) is 5.79 Å². The summed E-state index contributed by atoms with van der Waals surface area (Å²) in [7, 11) is 1.74. The summed E-state index contributed by atoms with van der Waals surface area (Å²) in [5.41, 5.74) is 1.63. The molecule has 5 bridgehead atoms. The Morgan fingerprint density at radius 2 is 1.56 bits per heavy atom. The second-order valence-corrected chi connectivity index (χ2v) is 20.3. The Balaban J connectivity index is 1.47. The minimum atomic E-state index is -2.34. The van der Waals surface area contributed by atoms with Crippen molar-refractivity contribution in [1.29, 1.82) is 0 Å². The third-order valence-corrected chi connectivity index (χ3v) is 15.6. The Morgan fingerprint density at radius 3 is 2.27 bits per heavy atom. The lowest BCUT2D eigenvalue weighted by atomic mass is 9.70. The molecule has 4 fully saturated rings. The van der Waals surface area contributed by atoms with Crippen LogP contribution in [-0.2, 0) is 38.2 Å². The Kier molecular flexibility index (Phi) is 17.4. The molecule has 11 nitrogen and oxygen atoms in total. The zero-order valence-electron chi connectivity index (χ0n) is 39.2. The standard InChI is InChI=1S/C51H77NO10/c1-29-14-12-11-13-15-30(2)32(4)24-40-19-17-36(8)51(59,62-40)48(56)49(57)52-21-20-39-27-42(52)50(58)61-45(41(39)25-38-18-16-31(3)44(26-38)60-10)28-43(53)33(5)23-35(7)47(55)37(9)46(54)34(6)22-29/h11-15,23,29,31-34,36-42,44-45,47,55,59H,16-22,24-28H2,1-10H3/b13-11+,14-12+,30-15+,35-23+/t29-,31?,32?,33-,34-,36-,37?,38+,39+,40+,41?,42+,44-,45+,47-,51-/m1/s1. The van der Waals surface area contributed by atoms with E-state index in [4.69, 9.17) is 14.2 Å². The maximum atomic E-state index is 14.3. The summed E-state index contributed by atoms with van der Waals surface area (Å²) in [6.45, 7) is 17.4. The number of ether oxygens (including phenoxy) is 3. The molecule has 0 aromatic rings. The smallest absolute Gasteiger partial charge is 0.329 e. The van der Waals surface area contributed by atoms with Crippen LogP contribution in [0.25, 0.3) is 0 Å². The van der Waals surface area contributed by atoms with Crippen molar-refractivity contribution in [2.45, 2.75) is 169 Å². The van der Waals surface area contributed by atoms with Crippen LogP contribution < -0.4 is 0 Å². The van der Waals surface area contributed by atoms with E-state index in [-0.39, 0.29) is 60.2 Å². The van der Waals surface area contributed by atoms with Crippen molar-refractivity contribution in [1.82, 2.24) is 4.90 Å². The molecule has 1 saturated carbocycles. The maximum absolute atomic E-state index is 14.3. The van der Waals surface area contributed by atoms with Gasteiger partial charge in [0.25, 0.3) is 11.7 Å². The highest BCUT2D eigenvalue weighted by atomic mass is 16.6. The van der Waals surface area contributed by atoms with Crippen LogP contribution in [0.1, 0.15) is 133 Å². The number of allylic oxidation sites excluding steroid dienone is 7. The largest absolute Gasteiger partial charge is 0.460 e. The Bertz CT molecular complexity index is 1750. The van der Waals surface area contributed by atoms with Gasteiger partial charge < -0.3 is 29.3 Å². The average molecular weight is 864 g/mol. The number of fused-ring (bicyclic) bond motifs is 5. The minimum absolute atomic E-state index is 0.0345. The van der Waals surface area contributed by atoms with Gasteiger partial charge >= 0.3 is 5.97 Å². The maximum Gasteiger partial charge on any atom is 0.329 e. The van der Waals surface area contributed by atoms with Gasteiger partial charge in [-0.3, -0.25) is 19.2 Å². The minimum Gasteiger partial charge on any atom is -0.460 e. The molecule has 16 atom stereocenters. The SMILES string of the molecule is CO[C@@H]1C[C@H](CC2[C@H]3CCN4C(=O)C(=O)[C@]5(O)O[C@@H](CC[C@H]5C)CC(C)/C(C)=C/C=C/C=C/[C@@H](C)C[C@@H](C)C(=O)C(C)[C@H](O)/C(C)=C/[C@@H](C)C(=O)C[C@@H]2OC(=O)[C@@H]4C3)CCC1C. The molecule has 346 valence electrons. The van der Waals surface area contributed by atoms with Crippen LogP contribution in [-0.4, -0.2) is 94.2 Å². The zero-order valence-corrected chi connectivity index (χ0v) is 39.2. The number of carbonyl (C=O) groups excluding carboxylic acids is 5. The number of piperidine rings is 1. The first-order valence-electron chi connectivity index (χ1n) is 23.7. The number of aliphatic hydroxyl groups is 2. The summed E-state index contributed by atoms with van der Waals surface area (Å²) in [5, 5.41) is 23.3. The highest BCUT2D eigenvalue weighted by Gasteiger charge is 2.55. The summed E-state index contributed by atoms with van der Waals surface area (Å²) in [5.74, 6) is -6.76.